The lowest BCUT2D eigenvalue weighted by Crippen LogP contribution is -2.43. The lowest BCUT2D eigenvalue weighted by molar-refractivity contribution is 0.232. The summed E-state index contributed by atoms with van der Waals surface area (Å²) in [4.78, 5) is 14.2. The predicted molar refractivity (Wildman–Crippen MR) is 78.3 cm³/mol. The number of likely N-dealkylation sites (tertiary alicyclic amines) is 1. The summed E-state index contributed by atoms with van der Waals surface area (Å²) in [5.74, 6) is 0. The molecule has 0 unspecified atom stereocenters. The molecule has 0 radical (unpaired) electrons. The first-order valence-electron chi connectivity index (χ1n) is 8.11. The summed E-state index contributed by atoms with van der Waals surface area (Å²) in [7, 11) is 0. The van der Waals surface area contributed by atoms with Crippen LogP contribution in [0.15, 0.2) is 0 Å². The molecular weight excluding hydrogens is 238 g/mol. The highest BCUT2D eigenvalue weighted by atomic mass is 16.2. The van der Waals surface area contributed by atoms with E-state index in [-0.39, 0.29) is 6.03 Å². The minimum atomic E-state index is 0.0353. The molecule has 19 heavy (non-hydrogen) atoms. The van der Waals surface area contributed by atoms with E-state index in [2.05, 4.69) is 15.5 Å². The molecule has 110 valence electrons. The number of nitrogens with one attached hydrogen (secondary N) is 2. The van der Waals surface area contributed by atoms with Crippen molar-refractivity contribution in [1.82, 2.24) is 15.5 Å². The van der Waals surface area contributed by atoms with Gasteiger partial charge in [0, 0.05) is 12.6 Å². The second-order valence-corrected chi connectivity index (χ2v) is 5.99. The van der Waals surface area contributed by atoms with E-state index in [1.54, 1.807) is 0 Å². The van der Waals surface area contributed by atoms with E-state index in [0.717, 1.165) is 25.8 Å². The molecule has 0 aromatic carbocycles. The third-order valence-electron chi connectivity index (χ3n) is 4.33. The smallest absolute Gasteiger partial charge is 0.315 e. The fourth-order valence-corrected chi connectivity index (χ4v) is 3.15. The Kier molecular flexibility index (Phi) is 6.48. The largest absolute Gasteiger partial charge is 0.338 e. The average molecular weight is 267 g/mol. The Morgan fingerprint density at radius 2 is 1.74 bits per heavy atom. The maximum Gasteiger partial charge on any atom is 0.315 e. The molecule has 2 aliphatic rings. The number of carbonyl (C=O) groups is 1. The zero-order valence-corrected chi connectivity index (χ0v) is 12.1. The van der Waals surface area contributed by atoms with Crippen molar-refractivity contribution in [1.29, 1.82) is 0 Å². The van der Waals surface area contributed by atoms with E-state index in [1.807, 2.05) is 0 Å². The molecule has 0 aromatic heterocycles. The van der Waals surface area contributed by atoms with Crippen LogP contribution in [-0.4, -0.2) is 43.2 Å². The highest BCUT2D eigenvalue weighted by Crippen LogP contribution is 2.17. The molecule has 1 heterocycles. The Hall–Kier alpha value is -0.770. The number of rotatable bonds is 6. The molecule has 1 aliphatic carbocycles. The van der Waals surface area contributed by atoms with Crippen LogP contribution in [0.5, 0.6) is 0 Å². The van der Waals surface area contributed by atoms with Gasteiger partial charge in [-0.1, -0.05) is 19.3 Å². The van der Waals surface area contributed by atoms with Crippen LogP contribution in [0.2, 0.25) is 0 Å². The van der Waals surface area contributed by atoms with Crippen molar-refractivity contribution in [2.24, 2.45) is 0 Å². The monoisotopic (exact) mass is 267 g/mol. The number of nitrogens with zero attached hydrogens (tertiary/aromatic N) is 1. The molecule has 4 nitrogen and oxygen atoms in total. The summed E-state index contributed by atoms with van der Waals surface area (Å²) in [5.41, 5.74) is 0. The molecule has 2 rings (SSSR count). The Bertz CT molecular complexity index is 258. The first kappa shape index (κ1) is 14.6. The van der Waals surface area contributed by atoms with E-state index in [1.165, 1.54) is 58.2 Å². The van der Waals surface area contributed by atoms with Crippen LogP contribution in [0.1, 0.15) is 57.8 Å². The van der Waals surface area contributed by atoms with Crippen LogP contribution in [0, 0.1) is 0 Å². The van der Waals surface area contributed by atoms with Crippen LogP contribution >= 0.6 is 0 Å². The molecule has 1 saturated heterocycles. The van der Waals surface area contributed by atoms with Gasteiger partial charge in [0.2, 0.25) is 0 Å². The third-order valence-corrected chi connectivity index (χ3v) is 4.33. The average Bonchev–Trinajstić information content (AvgIpc) is 2.92. The molecule has 1 aliphatic heterocycles. The molecule has 0 spiro atoms. The Labute approximate surface area is 117 Å². The molecular formula is C15H29N3O. The van der Waals surface area contributed by atoms with Gasteiger partial charge in [-0.2, -0.15) is 0 Å². The summed E-state index contributed by atoms with van der Waals surface area (Å²) in [6, 6.07) is 0.450. The van der Waals surface area contributed by atoms with Gasteiger partial charge in [-0.25, -0.2) is 4.79 Å². The van der Waals surface area contributed by atoms with E-state index in [0.29, 0.717) is 6.04 Å². The molecule has 2 amide bonds. The summed E-state index contributed by atoms with van der Waals surface area (Å²) < 4.78 is 0. The predicted octanol–water partition coefficient (Wildman–Crippen LogP) is 2.49. The first-order chi connectivity index (χ1) is 9.34. The van der Waals surface area contributed by atoms with Crippen molar-refractivity contribution in [3.05, 3.63) is 0 Å². The molecule has 2 N–H and O–H groups in total. The van der Waals surface area contributed by atoms with Gasteiger partial charge in [0.05, 0.1) is 0 Å². The van der Waals surface area contributed by atoms with Gasteiger partial charge in [0.15, 0.2) is 0 Å². The van der Waals surface area contributed by atoms with Gasteiger partial charge in [-0.05, 0) is 58.2 Å². The topological polar surface area (TPSA) is 44.4 Å². The molecule has 1 saturated carbocycles. The Morgan fingerprint density at radius 3 is 2.47 bits per heavy atom. The lowest BCUT2D eigenvalue weighted by Gasteiger charge is -2.22. The van der Waals surface area contributed by atoms with Gasteiger partial charge in [0.1, 0.15) is 0 Å². The zero-order chi connectivity index (χ0) is 13.3. The Morgan fingerprint density at radius 1 is 1.00 bits per heavy atom. The van der Waals surface area contributed by atoms with Crippen molar-refractivity contribution in [3.63, 3.8) is 0 Å². The fraction of sp³-hybridized carbons (Fsp3) is 0.933. The van der Waals surface area contributed by atoms with Crippen molar-refractivity contribution in [2.75, 3.05) is 26.2 Å². The number of hydrogen-bond acceptors (Lipinski definition) is 2. The van der Waals surface area contributed by atoms with Crippen LogP contribution in [0.25, 0.3) is 0 Å². The maximum absolute atomic E-state index is 11.7. The second-order valence-electron chi connectivity index (χ2n) is 5.99. The van der Waals surface area contributed by atoms with E-state index < -0.39 is 0 Å². The van der Waals surface area contributed by atoms with Crippen LogP contribution in [-0.2, 0) is 0 Å². The number of unbranched alkanes of at least 4 members (excludes halogenated alkanes) is 1. The van der Waals surface area contributed by atoms with Gasteiger partial charge >= 0.3 is 6.03 Å². The molecule has 2 fully saturated rings. The summed E-state index contributed by atoms with van der Waals surface area (Å²) in [6.45, 7) is 4.56. The van der Waals surface area contributed by atoms with Gasteiger partial charge in [-0.15, -0.1) is 0 Å². The number of carbonyl (C=O) groups excluding carboxylic acids is 1. The van der Waals surface area contributed by atoms with Crippen LogP contribution in [0.3, 0.4) is 0 Å². The molecule has 4 heteroatoms. The minimum absolute atomic E-state index is 0.0353. The SMILES string of the molecule is O=C(NCCCCN1CCCC1)NC1CCCCC1. The van der Waals surface area contributed by atoms with Gasteiger partial charge < -0.3 is 15.5 Å². The summed E-state index contributed by atoms with van der Waals surface area (Å²) in [6.07, 6.45) is 11.2. The summed E-state index contributed by atoms with van der Waals surface area (Å²) >= 11 is 0. The standard InChI is InChI=1S/C15H29N3O/c19-15(17-14-8-2-1-3-9-14)16-10-4-5-11-18-12-6-7-13-18/h14H,1-13H2,(H2,16,17,19). The highest BCUT2D eigenvalue weighted by molar-refractivity contribution is 5.74. The maximum atomic E-state index is 11.7. The molecule has 0 atom stereocenters. The van der Waals surface area contributed by atoms with E-state index in [9.17, 15) is 4.79 Å². The Balaban J connectivity index is 1.44. The fourth-order valence-electron chi connectivity index (χ4n) is 3.15. The lowest BCUT2D eigenvalue weighted by atomic mass is 9.96. The van der Waals surface area contributed by atoms with E-state index in [4.69, 9.17) is 0 Å². The van der Waals surface area contributed by atoms with Crippen LogP contribution < -0.4 is 10.6 Å². The number of hydrogen-bond donors (Lipinski definition) is 2. The van der Waals surface area contributed by atoms with Gasteiger partial charge in [-0.3, -0.25) is 0 Å². The number of urea groups is 1. The summed E-state index contributed by atoms with van der Waals surface area (Å²) in [5, 5.41) is 6.08. The first-order valence-corrected chi connectivity index (χ1v) is 8.11. The van der Waals surface area contributed by atoms with Crippen molar-refractivity contribution >= 4 is 6.03 Å². The van der Waals surface area contributed by atoms with Crippen LogP contribution in [0.4, 0.5) is 4.79 Å². The molecule has 0 bridgehead atoms. The van der Waals surface area contributed by atoms with E-state index >= 15 is 0 Å². The minimum Gasteiger partial charge on any atom is -0.338 e. The van der Waals surface area contributed by atoms with Gasteiger partial charge in [0.25, 0.3) is 0 Å². The van der Waals surface area contributed by atoms with Crippen molar-refractivity contribution < 1.29 is 4.79 Å². The van der Waals surface area contributed by atoms with Crippen molar-refractivity contribution in [3.8, 4) is 0 Å². The normalized spacial score (nSPS) is 21.5. The quantitative estimate of drug-likeness (QED) is 0.726. The highest BCUT2D eigenvalue weighted by Gasteiger charge is 2.15. The molecule has 0 aromatic rings. The second kappa shape index (κ2) is 8.41. The number of amides is 2. The van der Waals surface area contributed by atoms with Crippen molar-refractivity contribution in [2.45, 2.75) is 63.8 Å². The zero-order valence-electron chi connectivity index (χ0n) is 12.1. The third kappa shape index (κ3) is 5.81.